The molecule has 2 aliphatic rings. The summed E-state index contributed by atoms with van der Waals surface area (Å²) >= 11 is 0. The number of piperidine rings is 1. The molecule has 0 amide bonds. The van der Waals surface area contributed by atoms with Gasteiger partial charge in [-0.15, -0.1) is 0 Å². The van der Waals surface area contributed by atoms with Crippen LogP contribution in [0.15, 0.2) is 34.0 Å². The predicted molar refractivity (Wildman–Crippen MR) is 118 cm³/mol. The molecule has 1 fully saturated rings. The van der Waals surface area contributed by atoms with Crippen LogP contribution in [0.25, 0.3) is 0 Å². The van der Waals surface area contributed by atoms with Gasteiger partial charge in [0.15, 0.2) is 0 Å². The first kappa shape index (κ1) is 22.0. The molecule has 0 spiro atoms. The van der Waals surface area contributed by atoms with Crippen molar-refractivity contribution in [1.29, 1.82) is 0 Å². The highest BCUT2D eigenvalue weighted by molar-refractivity contribution is 7.89. The van der Waals surface area contributed by atoms with Crippen LogP contribution in [0.3, 0.4) is 0 Å². The highest BCUT2D eigenvalue weighted by Gasteiger charge is 2.36. The van der Waals surface area contributed by atoms with Gasteiger partial charge < -0.3 is 9.72 Å². The number of nitrogens with zero attached hydrogens (tertiary/aromatic N) is 3. The van der Waals surface area contributed by atoms with Gasteiger partial charge in [0, 0.05) is 32.1 Å². The predicted octanol–water partition coefficient (Wildman–Crippen LogP) is 2.46. The summed E-state index contributed by atoms with van der Waals surface area (Å²) in [5.74, 6) is 1.06. The summed E-state index contributed by atoms with van der Waals surface area (Å²) in [4.78, 5) is 23.0. The van der Waals surface area contributed by atoms with Gasteiger partial charge in [0.1, 0.15) is 11.6 Å². The number of aromatic amines is 1. The van der Waals surface area contributed by atoms with E-state index in [1.165, 1.54) is 4.31 Å². The van der Waals surface area contributed by atoms with Crippen molar-refractivity contribution in [2.24, 2.45) is 0 Å². The molecule has 0 radical (unpaired) electrons. The Kier molecular flexibility index (Phi) is 6.18. The molecule has 168 valence electrons. The summed E-state index contributed by atoms with van der Waals surface area (Å²) in [5.41, 5.74) is 1.34. The number of sulfonamides is 1. The Morgan fingerprint density at radius 3 is 2.58 bits per heavy atom. The molecule has 1 saturated heterocycles. The summed E-state index contributed by atoms with van der Waals surface area (Å²) in [5, 5.41) is 0. The number of H-pyrrole nitrogens is 1. The van der Waals surface area contributed by atoms with Crippen LogP contribution in [0.2, 0.25) is 0 Å². The van der Waals surface area contributed by atoms with E-state index in [1.54, 1.807) is 31.4 Å². The van der Waals surface area contributed by atoms with Crippen LogP contribution >= 0.6 is 0 Å². The van der Waals surface area contributed by atoms with Crippen molar-refractivity contribution in [3.8, 4) is 5.75 Å². The van der Waals surface area contributed by atoms with E-state index in [4.69, 9.17) is 9.72 Å². The van der Waals surface area contributed by atoms with Gasteiger partial charge in [-0.3, -0.25) is 9.69 Å². The summed E-state index contributed by atoms with van der Waals surface area (Å²) in [6.45, 7) is 6.06. The molecule has 31 heavy (non-hydrogen) atoms. The molecule has 8 nitrogen and oxygen atoms in total. The first-order valence-electron chi connectivity index (χ1n) is 10.8. The SMILES string of the molecule is COc1ccc(S(=O)(=O)N2CCCC[C@@H]2c2nc3c(c(=O)[nH]2)CN(C(C)C)CC3)cc1. The lowest BCUT2D eigenvalue weighted by molar-refractivity contribution is 0.198. The lowest BCUT2D eigenvalue weighted by Crippen LogP contribution is -2.42. The van der Waals surface area contributed by atoms with Gasteiger partial charge in [-0.2, -0.15) is 4.31 Å². The topological polar surface area (TPSA) is 95.6 Å². The molecule has 9 heteroatoms. The third-order valence-corrected chi connectivity index (χ3v) is 8.20. The van der Waals surface area contributed by atoms with Crippen LogP contribution < -0.4 is 10.3 Å². The van der Waals surface area contributed by atoms with E-state index < -0.39 is 16.1 Å². The first-order chi connectivity index (χ1) is 14.8. The largest absolute Gasteiger partial charge is 0.497 e. The minimum Gasteiger partial charge on any atom is -0.497 e. The third-order valence-electron chi connectivity index (χ3n) is 6.28. The highest BCUT2D eigenvalue weighted by Crippen LogP contribution is 2.34. The number of benzene rings is 1. The Balaban J connectivity index is 1.68. The molecule has 2 aliphatic heterocycles. The second kappa shape index (κ2) is 8.72. The average Bonchev–Trinajstić information content (AvgIpc) is 2.78. The lowest BCUT2D eigenvalue weighted by atomic mass is 10.0. The highest BCUT2D eigenvalue weighted by atomic mass is 32.2. The van der Waals surface area contributed by atoms with Crippen molar-refractivity contribution in [3.05, 3.63) is 51.7 Å². The number of fused-ring (bicyclic) bond motifs is 1. The standard InChI is InChI=1S/C22H30N4O4S/c1-15(2)25-13-11-19-18(14-25)22(27)24-21(23-19)20-6-4-5-12-26(20)31(28,29)17-9-7-16(30-3)8-10-17/h7-10,15,20H,4-6,11-14H2,1-3H3,(H,23,24,27)/t20-/m1/s1. The zero-order chi connectivity index (χ0) is 22.2. The fourth-order valence-corrected chi connectivity index (χ4v) is 6.07. The summed E-state index contributed by atoms with van der Waals surface area (Å²) < 4.78 is 33.5. The van der Waals surface area contributed by atoms with Crippen molar-refractivity contribution >= 4 is 10.0 Å². The maximum Gasteiger partial charge on any atom is 0.255 e. The smallest absolute Gasteiger partial charge is 0.255 e. The normalized spacial score (nSPS) is 20.6. The monoisotopic (exact) mass is 446 g/mol. The van der Waals surface area contributed by atoms with Crippen molar-refractivity contribution in [1.82, 2.24) is 19.2 Å². The van der Waals surface area contributed by atoms with Gasteiger partial charge in [0.25, 0.3) is 5.56 Å². The van der Waals surface area contributed by atoms with E-state index in [-0.39, 0.29) is 10.5 Å². The van der Waals surface area contributed by atoms with Gasteiger partial charge in [0.05, 0.1) is 29.3 Å². The van der Waals surface area contributed by atoms with E-state index in [9.17, 15) is 13.2 Å². The van der Waals surface area contributed by atoms with E-state index in [0.29, 0.717) is 49.1 Å². The van der Waals surface area contributed by atoms with Gasteiger partial charge in [-0.25, -0.2) is 13.4 Å². The third kappa shape index (κ3) is 4.26. The lowest BCUT2D eigenvalue weighted by Gasteiger charge is -2.35. The molecule has 2 aromatic rings. The molecular formula is C22H30N4O4S. The van der Waals surface area contributed by atoms with Crippen molar-refractivity contribution in [2.75, 3.05) is 20.2 Å². The number of ether oxygens (including phenoxy) is 1. The van der Waals surface area contributed by atoms with Crippen LogP contribution in [0.4, 0.5) is 0 Å². The van der Waals surface area contributed by atoms with Crippen LogP contribution in [-0.4, -0.2) is 53.8 Å². The molecular weight excluding hydrogens is 416 g/mol. The van der Waals surface area contributed by atoms with Gasteiger partial charge in [0.2, 0.25) is 10.0 Å². The Bertz CT molecular complexity index is 1100. The van der Waals surface area contributed by atoms with Crippen LogP contribution in [0.1, 0.15) is 56.2 Å². The quantitative estimate of drug-likeness (QED) is 0.758. The Labute approximate surface area is 183 Å². The zero-order valence-electron chi connectivity index (χ0n) is 18.3. The van der Waals surface area contributed by atoms with Crippen molar-refractivity contribution in [2.45, 2.75) is 63.1 Å². The fourth-order valence-electron chi connectivity index (χ4n) is 4.41. The maximum atomic E-state index is 13.4. The minimum absolute atomic E-state index is 0.155. The van der Waals surface area contributed by atoms with E-state index in [2.05, 4.69) is 23.7 Å². The number of hydrogen-bond acceptors (Lipinski definition) is 6. The Hall–Kier alpha value is -2.23. The molecule has 0 aliphatic carbocycles. The fraction of sp³-hybridized carbons (Fsp3) is 0.545. The second-order valence-electron chi connectivity index (χ2n) is 8.49. The van der Waals surface area contributed by atoms with Crippen LogP contribution in [0, 0.1) is 0 Å². The molecule has 0 saturated carbocycles. The summed E-state index contributed by atoms with van der Waals surface area (Å²) in [6, 6.07) is 6.29. The molecule has 3 heterocycles. The molecule has 0 bridgehead atoms. The number of rotatable bonds is 5. The van der Waals surface area contributed by atoms with E-state index in [0.717, 1.165) is 25.1 Å². The Morgan fingerprint density at radius 2 is 1.90 bits per heavy atom. The number of aromatic nitrogens is 2. The molecule has 0 unspecified atom stereocenters. The van der Waals surface area contributed by atoms with E-state index in [1.807, 2.05) is 0 Å². The molecule has 1 atom stereocenters. The first-order valence-corrected chi connectivity index (χ1v) is 12.3. The second-order valence-corrected chi connectivity index (χ2v) is 10.4. The minimum atomic E-state index is -3.73. The number of nitrogens with one attached hydrogen (secondary N) is 1. The number of methoxy groups -OCH3 is 1. The molecule has 1 N–H and O–H groups in total. The summed E-state index contributed by atoms with van der Waals surface area (Å²) in [6.07, 6.45) is 3.00. The van der Waals surface area contributed by atoms with Gasteiger partial charge in [-0.05, 0) is 51.0 Å². The zero-order valence-corrected chi connectivity index (χ0v) is 19.1. The Morgan fingerprint density at radius 1 is 1.16 bits per heavy atom. The van der Waals surface area contributed by atoms with Crippen molar-refractivity contribution < 1.29 is 13.2 Å². The number of hydrogen-bond donors (Lipinski definition) is 1. The summed E-state index contributed by atoms with van der Waals surface area (Å²) in [7, 11) is -2.19. The van der Waals surface area contributed by atoms with Crippen LogP contribution in [-0.2, 0) is 23.0 Å². The van der Waals surface area contributed by atoms with Crippen LogP contribution in [0.5, 0.6) is 5.75 Å². The maximum absolute atomic E-state index is 13.4. The molecule has 4 rings (SSSR count). The van der Waals surface area contributed by atoms with Crippen molar-refractivity contribution in [3.63, 3.8) is 0 Å². The molecule has 1 aromatic carbocycles. The van der Waals surface area contributed by atoms with Gasteiger partial charge in [-0.1, -0.05) is 6.42 Å². The van der Waals surface area contributed by atoms with Gasteiger partial charge >= 0.3 is 0 Å². The van der Waals surface area contributed by atoms with E-state index >= 15 is 0 Å². The molecule has 1 aromatic heterocycles. The average molecular weight is 447 g/mol.